The molecule has 0 fully saturated rings. The van der Waals surface area contributed by atoms with Crippen LogP contribution in [0.2, 0.25) is 5.15 Å². The number of ether oxygens (including phenoxy) is 2. The van der Waals surface area contributed by atoms with E-state index in [9.17, 15) is 10.1 Å². The Labute approximate surface area is 167 Å². The summed E-state index contributed by atoms with van der Waals surface area (Å²) in [7, 11) is 0. The first-order valence-corrected chi connectivity index (χ1v) is 8.89. The summed E-state index contributed by atoms with van der Waals surface area (Å²) in [6.45, 7) is 3.54. The molecule has 2 heterocycles. The van der Waals surface area contributed by atoms with Gasteiger partial charge in [0.1, 0.15) is 17.4 Å². The molecular weight excluding hydrogens is 380 g/mol. The van der Waals surface area contributed by atoms with E-state index in [1.807, 2.05) is 12.1 Å². The number of allylic oxidation sites excluding steroid dienone is 2. The van der Waals surface area contributed by atoms with Crippen LogP contribution in [0, 0.1) is 11.3 Å². The predicted molar refractivity (Wildman–Crippen MR) is 102 cm³/mol. The Morgan fingerprint density at radius 2 is 2.00 bits per heavy atom. The summed E-state index contributed by atoms with van der Waals surface area (Å²) in [6, 6.07) is 12.7. The molecule has 28 heavy (non-hydrogen) atoms. The number of carbonyl (C=O) groups excluding carboxylic acids is 1. The van der Waals surface area contributed by atoms with E-state index in [2.05, 4.69) is 16.3 Å². The second-order valence-electron chi connectivity index (χ2n) is 5.98. The maximum Gasteiger partial charge on any atom is 0.338 e. The van der Waals surface area contributed by atoms with E-state index in [1.165, 1.54) is 0 Å². The Kier molecular flexibility index (Phi) is 5.62. The summed E-state index contributed by atoms with van der Waals surface area (Å²) < 4.78 is 10.6. The summed E-state index contributed by atoms with van der Waals surface area (Å²) in [5.74, 6) is -0.931. The fraction of sp³-hybridized carbons (Fsp3) is 0.200. The predicted octanol–water partition coefficient (Wildman–Crippen LogP) is 3.44. The number of aromatic nitrogens is 2. The van der Waals surface area contributed by atoms with Crippen LogP contribution in [0.1, 0.15) is 25.3 Å². The Bertz CT molecular complexity index is 1010. The number of nitrogens with zero attached hydrogens (tertiary/aromatic N) is 3. The molecule has 0 radical (unpaired) electrons. The van der Waals surface area contributed by atoms with Crippen LogP contribution in [-0.4, -0.2) is 22.8 Å². The number of halogens is 1. The van der Waals surface area contributed by atoms with Crippen LogP contribution in [0.3, 0.4) is 0 Å². The Morgan fingerprint density at radius 3 is 2.57 bits per heavy atom. The normalized spacial score (nSPS) is 16.4. The maximum absolute atomic E-state index is 12.5. The van der Waals surface area contributed by atoms with Crippen molar-refractivity contribution in [2.75, 3.05) is 6.61 Å². The summed E-state index contributed by atoms with van der Waals surface area (Å²) in [4.78, 5) is 12.5. The van der Waals surface area contributed by atoms with E-state index in [4.69, 9.17) is 26.8 Å². The molecule has 2 N–H and O–H groups in total. The second kappa shape index (κ2) is 8.11. The van der Waals surface area contributed by atoms with E-state index in [1.54, 1.807) is 38.1 Å². The fourth-order valence-corrected chi connectivity index (χ4v) is 3.11. The quantitative estimate of drug-likeness (QED) is 0.787. The van der Waals surface area contributed by atoms with Gasteiger partial charge in [0.05, 0.1) is 23.8 Å². The van der Waals surface area contributed by atoms with Crippen molar-refractivity contribution in [1.29, 1.82) is 5.26 Å². The van der Waals surface area contributed by atoms with Crippen LogP contribution >= 0.6 is 11.6 Å². The van der Waals surface area contributed by atoms with Gasteiger partial charge in [-0.1, -0.05) is 35.9 Å². The molecule has 0 saturated heterocycles. The van der Waals surface area contributed by atoms with Gasteiger partial charge in [-0.25, -0.2) is 4.79 Å². The molecule has 3 rings (SSSR count). The molecule has 0 spiro atoms. The van der Waals surface area contributed by atoms with Crippen LogP contribution in [-0.2, 0) is 14.3 Å². The molecule has 7 nitrogen and oxygen atoms in total. The van der Waals surface area contributed by atoms with Crippen LogP contribution in [0.4, 0.5) is 0 Å². The first-order valence-electron chi connectivity index (χ1n) is 8.51. The molecule has 1 unspecified atom stereocenters. The van der Waals surface area contributed by atoms with Crippen molar-refractivity contribution in [1.82, 2.24) is 10.2 Å². The monoisotopic (exact) mass is 396 g/mol. The lowest BCUT2D eigenvalue weighted by atomic mass is 9.83. The third kappa shape index (κ3) is 3.68. The summed E-state index contributed by atoms with van der Waals surface area (Å²) in [6.07, 6.45) is 0. The molecule has 2 aromatic rings. The minimum absolute atomic E-state index is 0.0225. The average molecular weight is 397 g/mol. The highest BCUT2D eigenvalue weighted by atomic mass is 35.5. The van der Waals surface area contributed by atoms with Gasteiger partial charge < -0.3 is 15.2 Å². The summed E-state index contributed by atoms with van der Waals surface area (Å²) in [5.41, 5.74) is 8.48. The molecule has 142 valence electrons. The highest BCUT2D eigenvalue weighted by Crippen LogP contribution is 2.40. The van der Waals surface area contributed by atoms with Gasteiger partial charge in [0.2, 0.25) is 5.88 Å². The van der Waals surface area contributed by atoms with Gasteiger partial charge in [-0.2, -0.15) is 5.26 Å². The van der Waals surface area contributed by atoms with Crippen molar-refractivity contribution >= 4 is 17.6 Å². The number of nitrogens with two attached hydrogens (primary N) is 1. The largest absolute Gasteiger partial charge is 0.463 e. The number of carbonyl (C=O) groups is 1. The SMILES string of the molecule is CCOC(=O)C1=C(C)OC(N)=C(C#N)C1c1ccc(-c2ccc(Cl)nn2)cc1. The number of rotatable bonds is 4. The van der Waals surface area contributed by atoms with E-state index in [0.717, 1.165) is 5.56 Å². The zero-order valence-corrected chi connectivity index (χ0v) is 16.0. The molecule has 0 amide bonds. The number of benzene rings is 1. The van der Waals surface area contributed by atoms with Crippen LogP contribution in [0.25, 0.3) is 11.3 Å². The van der Waals surface area contributed by atoms with Gasteiger partial charge in [-0.3, -0.25) is 0 Å². The first-order chi connectivity index (χ1) is 13.5. The Hall–Kier alpha value is -3.37. The average Bonchev–Trinajstić information content (AvgIpc) is 2.68. The third-order valence-corrected chi connectivity index (χ3v) is 4.47. The highest BCUT2D eigenvalue weighted by Gasteiger charge is 2.36. The van der Waals surface area contributed by atoms with Crippen molar-refractivity contribution in [2.24, 2.45) is 5.73 Å². The van der Waals surface area contributed by atoms with Crippen LogP contribution in [0.15, 0.2) is 59.2 Å². The molecule has 8 heteroatoms. The van der Waals surface area contributed by atoms with E-state index < -0.39 is 11.9 Å². The molecule has 1 aliphatic heterocycles. The molecule has 1 atom stereocenters. The Balaban J connectivity index is 2.04. The molecule has 0 aliphatic carbocycles. The lowest BCUT2D eigenvalue weighted by molar-refractivity contribution is -0.139. The van der Waals surface area contributed by atoms with Crippen molar-refractivity contribution < 1.29 is 14.3 Å². The van der Waals surface area contributed by atoms with Gasteiger partial charge in [-0.15, -0.1) is 10.2 Å². The molecule has 1 aromatic heterocycles. The Morgan fingerprint density at radius 1 is 1.29 bits per heavy atom. The van der Waals surface area contributed by atoms with Gasteiger partial charge in [0.25, 0.3) is 0 Å². The molecule has 1 aliphatic rings. The standard InChI is InChI=1S/C20H17ClN4O3/c1-3-27-20(26)17-11(2)28-19(23)14(10-22)18(17)13-6-4-12(5-7-13)15-8-9-16(21)25-24-15/h4-9,18H,3,23H2,1-2H3. The number of nitriles is 1. The number of esters is 1. The molecule has 0 bridgehead atoms. The number of hydrogen-bond donors (Lipinski definition) is 1. The zero-order valence-electron chi connectivity index (χ0n) is 15.3. The fourth-order valence-electron chi connectivity index (χ4n) is 3.00. The third-order valence-electron chi connectivity index (χ3n) is 4.27. The smallest absolute Gasteiger partial charge is 0.338 e. The molecular formula is C20H17ClN4O3. The zero-order chi connectivity index (χ0) is 20.3. The van der Waals surface area contributed by atoms with Crippen molar-refractivity contribution in [3.63, 3.8) is 0 Å². The van der Waals surface area contributed by atoms with E-state index in [0.29, 0.717) is 22.2 Å². The minimum atomic E-state index is -0.678. The molecule has 0 saturated carbocycles. The van der Waals surface area contributed by atoms with Gasteiger partial charge in [0.15, 0.2) is 5.15 Å². The van der Waals surface area contributed by atoms with Crippen LogP contribution in [0.5, 0.6) is 0 Å². The van der Waals surface area contributed by atoms with Gasteiger partial charge in [0, 0.05) is 5.56 Å². The van der Waals surface area contributed by atoms with Crippen LogP contribution < -0.4 is 5.73 Å². The lowest BCUT2D eigenvalue weighted by Crippen LogP contribution is -2.25. The molecule has 1 aromatic carbocycles. The van der Waals surface area contributed by atoms with Crippen molar-refractivity contribution in [3.05, 3.63) is 69.9 Å². The topological polar surface area (TPSA) is 111 Å². The number of hydrogen-bond acceptors (Lipinski definition) is 7. The first kappa shape index (κ1) is 19.4. The van der Waals surface area contributed by atoms with E-state index in [-0.39, 0.29) is 23.6 Å². The second-order valence-corrected chi connectivity index (χ2v) is 6.37. The summed E-state index contributed by atoms with van der Waals surface area (Å²) in [5, 5.41) is 17.8. The van der Waals surface area contributed by atoms with Gasteiger partial charge in [-0.05, 0) is 31.5 Å². The summed E-state index contributed by atoms with van der Waals surface area (Å²) >= 11 is 5.77. The van der Waals surface area contributed by atoms with Crippen molar-refractivity contribution in [3.8, 4) is 17.3 Å². The maximum atomic E-state index is 12.5. The minimum Gasteiger partial charge on any atom is -0.463 e. The lowest BCUT2D eigenvalue weighted by Gasteiger charge is -2.26. The van der Waals surface area contributed by atoms with E-state index >= 15 is 0 Å². The van der Waals surface area contributed by atoms with Gasteiger partial charge >= 0.3 is 5.97 Å². The highest BCUT2D eigenvalue weighted by molar-refractivity contribution is 6.29. The van der Waals surface area contributed by atoms with Crippen molar-refractivity contribution in [2.45, 2.75) is 19.8 Å².